The zero-order valence-electron chi connectivity index (χ0n) is 15.2. The summed E-state index contributed by atoms with van der Waals surface area (Å²) in [5.74, 6) is 0.705. The van der Waals surface area contributed by atoms with Gasteiger partial charge in [0.25, 0.3) is 5.56 Å². The van der Waals surface area contributed by atoms with Crippen LogP contribution in [0.1, 0.15) is 40.4 Å². The largest absolute Gasteiger partial charge is 0.366 e. The Kier molecular flexibility index (Phi) is 4.07. The number of hydrogen-bond donors (Lipinski definition) is 3. The van der Waals surface area contributed by atoms with Gasteiger partial charge in [-0.05, 0) is 43.0 Å². The van der Waals surface area contributed by atoms with Crippen LogP contribution in [0.5, 0.6) is 0 Å². The maximum Gasteiger partial charge on any atom is 0.274 e. The van der Waals surface area contributed by atoms with Crippen LogP contribution in [0.2, 0.25) is 0 Å². The Balaban J connectivity index is 1.74. The number of nitrogens with zero attached hydrogens (tertiary/aromatic N) is 2. The van der Waals surface area contributed by atoms with Crippen molar-refractivity contribution in [2.24, 2.45) is 12.8 Å². The fourth-order valence-corrected chi connectivity index (χ4v) is 3.31. The number of rotatable bonds is 5. The van der Waals surface area contributed by atoms with E-state index in [0.29, 0.717) is 23.0 Å². The van der Waals surface area contributed by atoms with Crippen LogP contribution in [0.3, 0.4) is 0 Å². The smallest absolute Gasteiger partial charge is 0.274 e. The minimum atomic E-state index is -0.471. The second-order valence-corrected chi connectivity index (χ2v) is 7.01. The summed E-state index contributed by atoms with van der Waals surface area (Å²) in [4.78, 5) is 24.2. The van der Waals surface area contributed by atoms with E-state index < -0.39 is 5.91 Å². The number of nitrogens with two attached hydrogens (primary N) is 1. The quantitative estimate of drug-likeness (QED) is 0.648. The van der Waals surface area contributed by atoms with Gasteiger partial charge >= 0.3 is 0 Å². The van der Waals surface area contributed by atoms with Crippen molar-refractivity contribution in [3.8, 4) is 11.1 Å². The lowest BCUT2D eigenvalue weighted by molar-refractivity contribution is 0.1000. The minimum Gasteiger partial charge on any atom is -0.366 e. The lowest BCUT2D eigenvalue weighted by Gasteiger charge is -2.13. The van der Waals surface area contributed by atoms with Gasteiger partial charge in [-0.1, -0.05) is 12.1 Å². The Morgan fingerprint density at radius 3 is 2.81 bits per heavy atom. The van der Waals surface area contributed by atoms with Crippen LogP contribution >= 0.6 is 0 Å². The summed E-state index contributed by atoms with van der Waals surface area (Å²) in [5, 5.41) is 10.4. The number of anilines is 2. The van der Waals surface area contributed by atoms with Crippen LogP contribution in [-0.2, 0) is 7.05 Å². The molecule has 4 rings (SSSR count). The van der Waals surface area contributed by atoms with E-state index in [2.05, 4.69) is 15.5 Å². The van der Waals surface area contributed by atoms with Crippen LogP contribution in [0.4, 0.5) is 11.5 Å². The fraction of sp³-hybridized carbons (Fsp3) is 0.250. The van der Waals surface area contributed by atoms with E-state index in [9.17, 15) is 9.59 Å². The summed E-state index contributed by atoms with van der Waals surface area (Å²) in [6, 6.07) is 9.12. The normalized spacial score (nSPS) is 13.6. The molecule has 0 radical (unpaired) electrons. The van der Waals surface area contributed by atoms with E-state index in [-0.39, 0.29) is 5.56 Å². The Labute approximate surface area is 156 Å². The molecule has 0 atom stereocenters. The average Bonchev–Trinajstić information content (AvgIpc) is 3.38. The number of carbonyl (C=O) groups is 1. The van der Waals surface area contributed by atoms with Crippen LogP contribution in [0, 0.1) is 6.92 Å². The Hall–Kier alpha value is -3.35. The lowest BCUT2D eigenvalue weighted by atomic mass is 9.97. The number of primary amides is 1. The molecule has 1 fully saturated rings. The fourth-order valence-electron chi connectivity index (χ4n) is 3.31. The topological polar surface area (TPSA) is 106 Å². The molecule has 2 aromatic heterocycles. The minimum absolute atomic E-state index is 0.154. The van der Waals surface area contributed by atoms with Gasteiger partial charge in [-0.25, -0.2) is 0 Å². The van der Waals surface area contributed by atoms with Gasteiger partial charge < -0.3 is 15.6 Å². The monoisotopic (exact) mass is 363 g/mol. The molecule has 27 heavy (non-hydrogen) atoms. The van der Waals surface area contributed by atoms with E-state index >= 15 is 0 Å². The highest BCUT2D eigenvalue weighted by Crippen LogP contribution is 2.39. The molecular formula is C20H21N5O2. The first-order valence-corrected chi connectivity index (χ1v) is 8.87. The van der Waals surface area contributed by atoms with Gasteiger partial charge in [0.2, 0.25) is 5.91 Å². The van der Waals surface area contributed by atoms with Gasteiger partial charge in [0, 0.05) is 42.0 Å². The average molecular weight is 363 g/mol. The second kappa shape index (κ2) is 6.42. The van der Waals surface area contributed by atoms with Crippen molar-refractivity contribution in [1.29, 1.82) is 0 Å². The summed E-state index contributed by atoms with van der Waals surface area (Å²) < 4.78 is 1.52. The van der Waals surface area contributed by atoms with Gasteiger partial charge in [-0.3, -0.25) is 14.7 Å². The van der Waals surface area contributed by atoms with Crippen LogP contribution in [0.25, 0.3) is 11.1 Å². The molecule has 0 aliphatic heterocycles. The van der Waals surface area contributed by atoms with Crippen molar-refractivity contribution in [2.45, 2.75) is 25.7 Å². The molecule has 1 aliphatic rings. The number of amides is 1. The highest BCUT2D eigenvalue weighted by Gasteiger charge is 2.25. The molecular weight excluding hydrogens is 342 g/mol. The predicted octanol–water partition coefficient (Wildman–Crippen LogP) is 2.80. The standard InChI is InChI=1S/C20H21N5O2/c1-11-14(4-3-5-15(11)19(21)26)13-8-17(20(27)25(2)10-13)22-18-9-16(23-24-18)12-6-7-12/h3-5,8-10,12H,6-7H2,1-2H3,(H2,21,26)(H2,22,23,24). The highest BCUT2D eigenvalue weighted by atomic mass is 16.1. The van der Waals surface area contributed by atoms with E-state index in [1.165, 1.54) is 17.4 Å². The molecule has 3 aromatic rings. The van der Waals surface area contributed by atoms with Crippen LogP contribution < -0.4 is 16.6 Å². The summed E-state index contributed by atoms with van der Waals surface area (Å²) in [6.07, 6.45) is 4.10. The molecule has 138 valence electrons. The molecule has 0 unspecified atom stereocenters. The molecule has 7 nitrogen and oxygen atoms in total. The third-order valence-electron chi connectivity index (χ3n) is 4.97. The molecule has 0 saturated heterocycles. The molecule has 0 spiro atoms. The van der Waals surface area contributed by atoms with Crippen molar-refractivity contribution in [2.75, 3.05) is 5.32 Å². The number of H-pyrrole nitrogens is 1. The number of benzene rings is 1. The Bertz CT molecular complexity index is 1090. The van der Waals surface area contributed by atoms with Crippen molar-refractivity contribution in [1.82, 2.24) is 14.8 Å². The van der Waals surface area contributed by atoms with E-state index in [0.717, 1.165) is 22.4 Å². The third-order valence-corrected chi connectivity index (χ3v) is 4.97. The van der Waals surface area contributed by atoms with Gasteiger partial charge in [-0.2, -0.15) is 5.10 Å². The maximum absolute atomic E-state index is 12.6. The van der Waals surface area contributed by atoms with E-state index in [1.807, 2.05) is 19.1 Å². The number of nitrogens with one attached hydrogen (secondary N) is 2. The van der Waals surface area contributed by atoms with Crippen molar-refractivity contribution >= 4 is 17.4 Å². The Morgan fingerprint density at radius 1 is 1.33 bits per heavy atom. The maximum atomic E-state index is 12.6. The molecule has 1 amide bonds. The number of aryl methyl sites for hydroxylation is 1. The SMILES string of the molecule is Cc1c(C(N)=O)cccc1-c1cc(Nc2cc(C3CC3)[nH]n2)c(=O)n(C)c1. The van der Waals surface area contributed by atoms with Gasteiger partial charge in [0.1, 0.15) is 5.69 Å². The molecule has 2 heterocycles. The first-order valence-electron chi connectivity index (χ1n) is 8.87. The Morgan fingerprint density at radius 2 is 2.11 bits per heavy atom. The third kappa shape index (κ3) is 3.23. The zero-order valence-corrected chi connectivity index (χ0v) is 15.2. The van der Waals surface area contributed by atoms with Gasteiger partial charge in [0.15, 0.2) is 5.82 Å². The zero-order chi connectivity index (χ0) is 19.1. The molecule has 1 saturated carbocycles. The van der Waals surface area contributed by atoms with Crippen molar-refractivity contribution in [3.05, 3.63) is 63.7 Å². The molecule has 4 N–H and O–H groups in total. The predicted molar refractivity (Wildman–Crippen MR) is 104 cm³/mol. The lowest BCUT2D eigenvalue weighted by Crippen LogP contribution is -2.19. The van der Waals surface area contributed by atoms with Crippen molar-refractivity contribution in [3.63, 3.8) is 0 Å². The second-order valence-electron chi connectivity index (χ2n) is 7.01. The molecule has 0 bridgehead atoms. The molecule has 7 heteroatoms. The van der Waals surface area contributed by atoms with Crippen LogP contribution in [0.15, 0.2) is 41.3 Å². The number of pyridine rings is 1. The number of aromatic amines is 1. The first kappa shape index (κ1) is 17.1. The highest BCUT2D eigenvalue weighted by molar-refractivity contribution is 5.96. The molecule has 1 aliphatic carbocycles. The number of hydrogen-bond acceptors (Lipinski definition) is 4. The van der Waals surface area contributed by atoms with E-state index in [1.54, 1.807) is 31.4 Å². The number of carbonyl (C=O) groups excluding carboxylic acids is 1. The van der Waals surface area contributed by atoms with Crippen molar-refractivity contribution < 1.29 is 4.79 Å². The van der Waals surface area contributed by atoms with Gasteiger partial charge in [0.05, 0.1) is 0 Å². The summed E-state index contributed by atoms with van der Waals surface area (Å²) in [5.41, 5.74) is 9.75. The summed E-state index contributed by atoms with van der Waals surface area (Å²) in [7, 11) is 1.70. The van der Waals surface area contributed by atoms with E-state index in [4.69, 9.17) is 5.73 Å². The molecule has 1 aromatic carbocycles. The van der Waals surface area contributed by atoms with Crippen LogP contribution in [-0.4, -0.2) is 20.7 Å². The van der Waals surface area contributed by atoms with Gasteiger partial charge in [-0.15, -0.1) is 0 Å². The summed E-state index contributed by atoms with van der Waals surface area (Å²) >= 11 is 0. The first-order chi connectivity index (χ1) is 12.9. The number of aromatic nitrogens is 3. The summed E-state index contributed by atoms with van der Waals surface area (Å²) in [6.45, 7) is 1.85.